The summed E-state index contributed by atoms with van der Waals surface area (Å²) in [5.41, 5.74) is 1.75. The first kappa shape index (κ1) is 15.6. The molecule has 1 aliphatic heterocycles. The fourth-order valence-electron chi connectivity index (χ4n) is 2.79. The van der Waals surface area contributed by atoms with E-state index in [1.54, 1.807) is 18.2 Å². The van der Waals surface area contributed by atoms with Gasteiger partial charge in [0.25, 0.3) is 5.91 Å². The van der Waals surface area contributed by atoms with Crippen molar-refractivity contribution in [2.75, 3.05) is 6.54 Å². The summed E-state index contributed by atoms with van der Waals surface area (Å²) in [4.78, 5) is 25.3. The maximum Gasteiger partial charge on any atom is 0.326 e. The summed E-state index contributed by atoms with van der Waals surface area (Å²) in [5.74, 6) is -1.29. The van der Waals surface area contributed by atoms with Gasteiger partial charge in [0.05, 0.1) is 5.69 Å². The standard InChI is InChI=1S/C16H16ClN3O3/c17-11-6-4-10(5-7-11)12-9-13(19-18-12)15(21)20-8-2-1-3-14(20)16(22)23/h4-7,9,14H,1-3,8H2,(H,18,19)(H,22,23). The largest absolute Gasteiger partial charge is 0.480 e. The molecule has 23 heavy (non-hydrogen) atoms. The van der Waals surface area contributed by atoms with Crippen molar-refractivity contribution in [2.45, 2.75) is 25.3 Å². The van der Waals surface area contributed by atoms with Gasteiger partial charge in [-0.15, -0.1) is 0 Å². The Morgan fingerprint density at radius 2 is 2.00 bits per heavy atom. The summed E-state index contributed by atoms with van der Waals surface area (Å²) in [6, 6.07) is 8.00. The molecule has 7 heteroatoms. The molecule has 120 valence electrons. The molecule has 2 heterocycles. The molecule has 1 atom stereocenters. The van der Waals surface area contributed by atoms with Gasteiger partial charge in [-0.2, -0.15) is 5.10 Å². The van der Waals surface area contributed by atoms with Crippen LogP contribution in [0.5, 0.6) is 0 Å². The average Bonchev–Trinajstić information content (AvgIpc) is 3.04. The van der Waals surface area contributed by atoms with Gasteiger partial charge in [0.15, 0.2) is 0 Å². The molecule has 1 aromatic carbocycles. The number of aliphatic carboxylic acids is 1. The minimum atomic E-state index is -0.963. The first-order valence-corrected chi connectivity index (χ1v) is 7.79. The normalized spacial score (nSPS) is 18.0. The lowest BCUT2D eigenvalue weighted by Crippen LogP contribution is -2.48. The van der Waals surface area contributed by atoms with Crippen molar-refractivity contribution in [2.24, 2.45) is 0 Å². The lowest BCUT2D eigenvalue weighted by atomic mass is 10.0. The molecule has 1 saturated heterocycles. The number of aromatic nitrogens is 2. The van der Waals surface area contributed by atoms with E-state index in [-0.39, 0.29) is 5.91 Å². The number of hydrogen-bond donors (Lipinski definition) is 2. The zero-order valence-corrected chi connectivity index (χ0v) is 13.1. The second kappa shape index (κ2) is 6.42. The number of nitrogens with one attached hydrogen (secondary N) is 1. The third kappa shape index (κ3) is 3.22. The number of piperidine rings is 1. The van der Waals surface area contributed by atoms with Gasteiger partial charge in [0.2, 0.25) is 0 Å². The molecule has 0 bridgehead atoms. The molecular formula is C16H16ClN3O3. The first-order chi connectivity index (χ1) is 11.1. The fraction of sp³-hybridized carbons (Fsp3) is 0.312. The third-order valence-electron chi connectivity index (χ3n) is 4.00. The highest BCUT2D eigenvalue weighted by atomic mass is 35.5. The van der Waals surface area contributed by atoms with Crippen LogP contribution in [0.4, 0.5) is 0 Å². The van der Waals surface area contributed by atoms with Crippen molar-refractivity contribution in [1.82, 2.24) is 15.1 Å². The molecule has 0 aliphatic carbocycles. The van der Waals surface area contributed by atoms with E-state index >= 15 is 0 Å². The van der Waals surface area contributed by atoms with Crippen LogP contribution in [0.1, 0.15) is 29.8 Å². The van der Waals surface area contributed by atoms with Gasteiger partial charge in [0, 0.05) is 17.1 Å². The first-order valence-electron chi connectivity index (χ1n) is 7.41. The van der Waals surface area contributed by atoms with Crippen LogP contribution in [-0.2, 0) is 4.79 Å². The Hall–Kier alpha value is -2.34. The molecule has 0 saturated carbocycles. The highest BCUT2D eigenvalue weighted by Crippen LogP contribution is 2.23. The minimum absolute atomic E-state index is 0.295. The Bertz CT molecular complexity index is 726. The molecule has 0 radical (unpaired) electrons. The van der Waals surface area contributed by atoms with E-state index in [0.29, 0.717) is 29.4 Å². The van der Waals surface area contributed by atoms with Crippen LogP contribution >= 0.6 is 11.6 Å². The van der Waals surface area contributed by atoms with E-state index < -0.39 is 12.0 Å². The van der Waals surface area contributed by atoms with Crippen molar-refractivity contribution in [3.05, 3.63) is 41.0 Å². The van der Waals surface area contributed by atoms with Crippen molar-refractivity contribution in [3.63, 3.8) is 0 Å². The summed E-state index contributed by atoms with van der Waals surface area (Å²) in [6.45, 7) is 0.450. The van der Waals surface area contributed by atoms with Gasteiger partial charge in [-0.1, -0.05) is 23.7 Å². The highest BCUT2D eigenvalue weighted by molar-refractivity contribution is 6.30. The molecule has 3 rings (SSSR count). The van der Waals surface area contributed by atoms with E-state index in [1.807, 2.05) is 12.1 Å². The number of aromatic amines is 1. The van der Waals surface area contributed by atoms with E-state index in [4.69, 9.17) is 11.6 Å². The Morgan fingerprint density at radius 1 is 1.26 bits per heavy atom. The second-order valence-electron chi connectivity index (χ2n) is 5.52. The quantitative estimate of drug-likeness (QED) is 0.904. The molecule has 1 unspecified atom stereocenters. The second-order valence-corrected chi connectivity index (χ2v) is 5.96. The van der Waals surface area contributed by atoms with Crippen LogP contribution in [0.15, 0.2) is 30.3 Å². The number of rotatable bonds is 3. The van der Waals surface area contributed by atoms with Gasteiger partial charge in [0.1, 0.15) is 11.7 Å². The Balaban J connectivity index is 1.83. The Morgan fingerprint density at radius 3 is 2.70 bits per heavy atom. The number of carbonyl (C=O) groups is 2. The van der Waals surface area contributed by atoms with Crippen LogP contribution in [0, 0.1) is 0 Å². The molecule has 2 aromatic rings. The van der Waals surface area contributed by atoms with Gasteiger partial charge < -0.3 is 10.0 Å². The fourth-order valence-corrected chi connectivity index (χ4v) is 2.91. The minimum Gasteiger partial charge on any atom is -0.480 e. The van der Waals surface area contributed by atoms with Gasteiger partial charge in [-0.25, -0.2) is 4.79 Å². The zero-order valence-electron chi connectivity index (χ0n) is 12.3. The molecular weight excluding hydrogens is 318 g/mol. The number of amides is 1. The monoisotopic (exact) mass is 333 g/mol. The van der Waals surface area contributed by atoms with Gasteiger partial charge in [-0.05, 0) is 37.5 Å². The molecule has 1 aromatic heterocycles. The summed E-state index contributed by atoms with van der Waals surface area (Å²) >= 11 is 5.86. The molecule has 6 nitrogen and oxygen atoms in total. The summed E-state index contributed by atoms with van der Waals surface area (Å²) in [6.07, 6.45) is 2.12. The van der Waals surface area contributed by atoms with Crippen LogP contribution in [0.25, 0.3) is 11.3 Å². The number of carbonyl (C=O) groups excluding carboxylic acids is 1. The van der Waals surface area contributed by atoms with Crippen LogP contribution in [0.2, 0.25) is 5.02 Å². The summed E-state index contributed by atoms with van der Waals surface area (Å²) < 4.78 is 0. The van der Waals surface area contributed by atoms with E-state index in [1.165, 1.54) is 4.90 Å². The van der Waals surface area contributed by atoms with E-state index in [9.17, 15) is 14.7 Å². The maximum absolute atomic E-state index is 12.6. The Labute approximate surface area is 138 Å². The zero-order chi connectivity index (χ0) is 16.4. The number of nitrogens with zero attached hydrogens (tertiary/aromatic N) is 2. The predicted molar refractivity (Wildman–Crippen MR) is 85.3 cm³/mol. The van der Waals surface area contributed by atoms with E-state index in [0.717, 1.165) is 18.4 Å². The summed E-state index contributed by atoms with van der Waals surface area (Å²) in [7, 11) is 0. The topological polar surface area (TPSA) is 86.3 Å². The molecule has 2 N–H and O–H groups in total. The number of benzene rings is 1. The van der Waals surface area contributed by atoms with E-state index in [2.05, 4.69) is 10.2 Å². The van der Waals surface area contributed by atoms with Crippen LogP contribution in [-0.4, -0.2) is 44.7 Å². The lowest BCUT2D eigenvalue weighted by molar-refractivity contribution is -0.143. The number of H-pyrrole nitrogens is 1. The highest BCUT2D eigenvalue weighted by Gasteiger charge is 2.33. The van der Waals surface area contributed by atoms with Crippen LogP contribution in [0.3, 0.4) is 0 Å². The van der Waals surface area contributed by atoms with Crippen molar-refractivity contribution < 1.29 is 14.7 Å². The number of likely N-dealkylation sites (tertiary alicyclic amines) is 1. The number of halogens is 1. The average molecular weight is 334 g/mol. The maximum atomic E-state index is 12.6. The molecule has 0 spiro atoms. The number of carboxylic acids is 1. The number of hydrogen-bond acceptors (Lipinski definition) is 3. The van der Waals surface area contributed by atoms with Crippen molar-refractivity contribution in [3.8, 4) is 11.3 Å². The summed E-state index contributed by atoms with van der Waals surface area (Å²) in [5, 5.41) is 16.8. The van der Waals surface area contributed by atoms with Crippen molar-refractivity contribution in [1.29, 1.82) is 0 Å². The SMILES string of the molecule is O=C(O)C1CCCCN1C(=O)c1cc(-c2ccc(Cl)cc2)n[nH]1. The van der Waals surface area contributed by atoms with Crippen LogP contribution < -0.4 is 0 Å². The van der Waals surface area contributed by atoms with Gasteiger partial charge >= 0.3 is 5.97 Å². The lowest BCUT2D eigenvalue weighted by Gasteiger charge is -2.32. The third-order valence-corrected chi connectivity index (χ3v) is 4.25. The van der Waals surface area contributed by atoms with Crippen molar-refractivity contribution >= 4 is 23.5 Å². The Kier molecular flexibility index (Phi) is 4.34. The molecule has 1 amide bonds. The smallest absolute Gasteiger partial charge is 0.326 e. The predicted octanol–water partition coefficient (Wildman–Crippen LogP) is 2.81. The molecule has 1 fully saturated rings. The van der Waals surface area contributed by atoms with Gasteiger partial charge in [-0.3, -0.25) is 9.89 Å². The molecule has 1 aliphatic rings. The number of carboxylic acid groups (broad SMARTS) is 1.